The van der Waals surface area contributed by atoms with Crippen molar-refractivity contribution in [3.63, 3.8) is 0 Å². The minimum Gasteiger partial charge on any atom is -0.390 e. The molecule has 1 unspecified atom stereocenters. The van der Waals surface area contributed by atoms with Crippen molar-refractivity contribution in [3.05, 3.63) is 106 Å². The first kappa shape index (κ1) is 31.1. The van der Waals surface area contributed by atoms with Gasteiger partial charge in [-0.3, -0.25) is 9.59 Å². The quantitative estimate of drug-likeness (QED) is 0.217. The maximum Gasteiger partial charge on any atom is 0.251 e. The third kappa shape index (κ3) is 9.07. The highest BCUT2D eigenvalue weighted by Crippen LogP contribution is 2.18. The molecular weight excluding hydrogens is 510 g/mol. The summed E-state index contributed by atoms with van der Waals surface area (Å²) >= 11 is 0. The number of aliphatic hydroxyl groups is 1. The van der Waals surface area contributed by atoms with E-state index < -0.39 is 29.7 Å². The van der Waals surface area contributed by atoms with Crippen LogP contribution < -0.4 is 10.6 Å². The first-order valence-corrected chi connectivity index (χ1v) is 14.0. The first-order valence-electron chi connectivity index (χ1n) is 14.0. The van der Waals surface area contributed by atoms with Crippen LogP contribution in [-0.2, 0) is 19.4 Å². The van der Waals surface area contributed by atoms with Crippen LogP contribution in [0, 0.1) is 24.5 Å². The molecule has 0 aromatic heterocycles. The lowest BCUT2D eigenvalue weighted by Gasteiger charge is -2.25. The molecule has 3 rings (SSSR count). The van der Waals surface area contributed by atoms with Gasteiger partial charge in [0, 0.05) is 36.2 Å². The van der Waals surface area contributed by atoms with Crippen molar-refractivity contribution >= 4 is 11.7 Å². The number of carbonyl (C=O) groups excluding carboxylic acids is 2. The maximum absolute atomic E-state index is 13.9. The van der Waals surface area contributed by atoms with E-state index in [-0.39, 0.29) is 24.7 Å². The number of carbonyl (C=O) groups is 2. The number of hydrogen-bond donors (Lipinski definition) is 3. The van der Waals surface area contributed by atoms with Gasteiger partial charge < -0.3 is 15.7 Å². The fourth-order valence-electron chi connectivity index (χ4n) is 4.89. The Kier molecular flexibility index (Phi) is 11.5. The minimum absolute atomic E-state index is 0.0136. The molecule has 3 N–H and O–H groups in total. The molecule has 3 aromatic rings. The highest BCUT2D eigenvalue weighted by Gasteiger charge is 2.24. The summed E-state index contributed by atoms with van der Waals surface area (Å²) in [6.45, 7) is 8.45. The number of amides is 1. The third-order valence-electron chi connectivity index (χ3n) is 7.03. The third-order valence-corrected chi connectivity index (χ3v) is 7.03. The van der Waals surface area contributed by atoms with Crippen LogP contribution in [0.2, 0.25) is 0 Å². The summed E-state index contributed by atoms with van der Waals surface area (Å²) in [6.07, 6.45) is 1.51. The van der Waals surface area contributed by atoms with Crippen molar-refractivity contribution in [2.24, 2.45) is 5.92 Å². The van der Waals surface area contributed by atoms with Crippen LogP contribution in [0.4, 0.5) is 8.78 Å². The molecule has 1 amide bonds. The second-order valence-corrected chi connectivity index (χ2v) is 10.6. The number of aryl methyl sites for hydroxylation is 2. The fourth-order valence-corrected chi connectivity index (χ4v) is 4.89. The number of aliphatic hydroxyl groups excluding tert-OH is 1. The van der Waals surface area contributed by atoms with Crippen LogP contribution in [0.25, 0.3) is 0 Å². The lowest BCUT2D eigenvalue weighted by atomic mass is 9.93. The van der Waals surface area contributed by atoms with Crippen LogP contribution in [0.15, 0.2) is 60.7 Å². The van der Waals surface area contributed by atoms with Crippen LogP contribution in [0.3, 0.4) is 0 Å². The predicted molar refractivity (Wildman–Crippen MR) is 154 cm³/mol. The smallest absolute Gasteiger partial charge is 0.251 e. The summed E-state index contributed by atoms with van der Waals surface area (Å²) in [5, 5.41) is 17.2. The summed E-state index contributed by atoms with van der Waals surface area (Å²) in [5.74, 6) is -2.12. The molecule has 0 saturated heterocycles. The SMILES string of the molecule is CCCC(C)C(=O)c1cc(C)cc(C(=O)N[C@@H](Cc2cc(F)cc(F)c2)[C@H](O)CNCc2cccc(CC)c2)c1. The molecule has 0 radical (unpaired) electrons. The number of benzene rings is 3. The van der Waals surface area contributed by atoms with Gasteiger partial charge in [0.2, 0.25) is 0 Å². The van der Waals surface area contributed by atoms with E-state index in [0.717, 1.165) is 36.5 Å². The number of rotatable bonds is 14. The van der Waals surface area contributed by atoms with E-state index >= 15 is 0 Å². The normalized spacial score (nSPS) is 13.5. The van der Waals surface area contributed by atoms with Crippen LogP contribution in [0.5, 0.6) is 0 Å². The molecule has 0 aliphatic carbocycles. The number of ketones is 1. The Hall–Kier alpha value is -3.42. The van der Waals surface area contributed by atoms with Gasteiger partial charge in [-0.1, -0.05) is 51.5 Å². The van der Waals surface area contributed by atoms with Crippen LogP contribution in [0.1, 0.15) is 76.6 Å². The van der Waals surface area contributed by atoms with Crippen molar-refractivity contribution in [3.8, 4) is 0 Å². The summed E-state index contributed by atoms with van der Waals surface area (Å²) < 4.78 is 27.8. The Bertz CT molecular complexity index is 1290. The molecule has 0 aliphatic heterocycles. The zero-order valence-electron chi connectivity index (χ0n) is 23.8. The standard InChI is InChI=1S/C33H40F2N2O3/c1-5-8-22(4)32(39)26-11-21(3)12-27(17-26)33(40)37-30(16-25-14-28(34)18-29(35)15-25)31(38)20-36-19-24-10-7-9-23(6-2)13-24/h7,9-15,17-18,22,30-31,36,38H,5-6,8,16,19-20H2,1-4H3,(H,37,40)/t22?,30-,31+/m0/s1. The zero-order chi connectivity index (χ0) is 29.2. The minimum atomic E-state index is -1.06. The predicted octanol–water partition coefficient (Wildman–Crippen LogP) is 5.95. The highest BCUT2D eigenvalue weighted by molar-refractivity contribution is 6.01. The molecule has 5 nitrogen and oxygen atoms in total. The Morgan fingerprint density at radius 2 is 1.57 bits per heavy atom. The van der Waals surface area contributed by atoms with Crippen LogP contribution >= 0.6 is 0 Å². The summed E-state index contributed by atoms with van der Waals surface area (Å²) in [5.41, 5.74) is 4.10. The topological polar surface area (TPSA) is 78.4 Å². The van der Waals surface area contributed by atoms with Gasteiger partial charge in [0.25, 0.3) is 5.91 Å². The van der Waals surface area contributed by atoms with Crippen molar-refractivity contribution in [2.75, 3.05) is 6.54 Å². The van der Waals surface area contributed by atoms with Gasteiger partial charge in [-0.05, 0) is 78.8 Å². The van der Waals surface area contributed by atoms with E-state index in [4.69, 9.17) is 0 Å². The molecular formula is C33H40F2N2O3. The van der Waals surface area contributed by atoms with Gasteiger partial charge in [-0.2, -0.15) is 0 Å². The lowest BCUT2D eigenvalue weighted by Crippen LogP contribution is -2.48. The van der Waals surface area contributed by atoms with E-state index in [2.05, 4.69) is 29.7 Å². The van der Waals surface area contributed by atoms with E-state index in [1.54, 1.807) is 18.2 Å². The summed E-state index contributed by atoms with van der Waals surface area (Å²) in [6, 6.07) is 15.5. The number of nitrogens with one attached hydrogen (secondary N) is 2. The number of halogens is 2. The Morgan fingerprint density at radius 3 is 2.25 bits per heavy atom. The Morgan fingerprint density at radius 1 is 0.900 bits per heavy atom. The average molecular weight is 551 g/mol. The van der Waals surface area contributed by atoms with Crippen molar-refractivity contribution in [1.82, 2.24) is 10.6 Å². The molecule has 214 valence electrons. The summed E-state index contributed by atoms with van der Waals surface area (Å²) in [4.78, 5) is 26.3. The van der Waals surface area contributed by atoms with Gasteiger partial charge in [0.15, 0.2) is 5.78 Å². The van der Waals surface area contributed by atoms with Crippen LogP contribution in [-0.4, -0.2) is 35.5 Å². The molecule has 3 atom stereocenters. The molecule has 0 fully saturated rings. The van der Waals surface area contributed by atoms with Gasteiger partial charge in [0.1, 0.15) is 11.6 Å². The largest absolute Gasteiger partial charge is 0.390 e. The second-order valence-electron chi connectivity index (χ2n) is 10.6. The van der Waals surface area contributed by atoms with Gasteiger partial charge in [0.05, 0.1) is 12.1 Å². The van der Waals surface area contributed by atoms with Crippen molar-refractivity contribution in [2.45, 2.75) is 72.1 Å². The first-order chi connectivity index (χ1) is 19.1. The molecule has 7 heteroatoms. The highest BCUT2D eigenvalue weighted by atomic mass is 19.1. The molecule has 40 heavy (non-hydrogen) atoms. The van der Waals surface area contributed by atoms with Crippen molar-refractivity contribution < 1.29 is 23.5 Å². The van der Waals surface area contributed by atoms with E-state index in [9.17, 15) is 23.5 Å². The molecule has 0 bridgehead atoms. The summed E-state index contributed by atoms with van der Waals surface area (Å²) in [7, 11) is 0. The molecule has 0 saturated carbocycles. The average Bonchev–Trinajstić information content (AvgIpc) is 2.91. The molecule has 0 aliphatic rings. The van der Waals surface area contributed by atoms with Gasteiger partial charge in [-0.15, -0.1) is 0 Å². The Balaban J connectivity index is 1.79. The van der Waals surface area contributed by atoms with E-state index in [1.807, 2.05) is 32.9 Å². The van der Waals surface area contributed by atoms with E-state index in [1.165, 1.54) is 17.7 Å². The lowest BCUT2D eigenvalue weighted by molar-refractivity contribution is 0.0829. The van der Waals surface area contributed by atoms with Crippen molar-refractivity contribution in [1.29, 1.82) is 0 Å². The number of Topliss-reactive ketones (excluding diaryl/α,β-unsaturated/α-hetero) is 1. The molecule has 0 heterocycles. The number of hydrogen-bond acceptors (Lipinski definition) is 4. The fraction of sp³-hybridized carbons (Fsp3) is 0.394. The monoisotopic (exact) mass is 550 g/mol. The zero-order valence-corrected chi connectivity index (χ0v) is 23.8. The van der Waals surface area contributed by atoms with E-state index in [0.29, 0.717) is 23.2 Å². The second kappa shape index (κ2) is 14.8. The molecule has 0 spiro atoms. The van der Waals surface area contributed by atoms with Gasteiger partial charge >= 0.3 is 0 Å². The van der Waals surface area contributed by atoms with Gasteiger partial charge in [-0.25, -0.2) is 8.78 Å². The Labute approximate surface area is 236 Å². The molecule has 3 aromatic carbocycles. The maximum atomic E-state index is 13.9.